The van der Waals surface area contributed by atoms with Gasteiger partial charge in [-0.05, 0) is 30.3 Å². The molecule has 1 aromatic carbocycles. The van der Waals surface area contributed by atoms with Gasteiger partial charge in [-0.3, -0.25) is 14.0 Å². The minimum Gasteiger partial charge on any atom is -0.497 e. The Hall–Kier alpha value is -2.91. The van der Waals surface area contributed by atoms with Crippen LogP contribution >= 0.6 is 22.7 Å². The third-order valence-corrected chi connectivity index (χ3v) is 6.90. The fourth-order valence-corrected chi connectivity index (χ4v) is 5.31. The van der Waals surface area contributed by atoms with Crippen molar-refractivity contribution < 1.29 is 14.3 Å². The molecule has 1 saturated heterocycles. The number of fused-ring (bicyclic) bond motifs is 3. The topological polar surface area (TPSA) is 67.2 Å². The average molecular weight is 427 g/mol. The number of carbonyl (C=O) groups excluding carboxylic acids is 2. The molecular formula is C20H18N4O3S2. The molecule has 1 fully saturated rings. The quantitative estimate of drug-likeness (QED) is 0.505. The van der Waals surface area contributed by atoms with Gasteiger partial charge in [-0.1, -0.05) is 0 Å². The number of rotatable bonds is 3. The molecule has 0 saturated carbocycles. The van der Waals surface area contributed by atoms with Crippen molar-refractivity contribution >= 4 is 49.8 Å². The molecular weight excluding hydrogens is 408 g/mol. The number of amides is 2. The number of methoxy groups -OCH3 is 1. The largest absolute Gasteiger partial charge is 0.497 e. The second-order valence-corrected chi connectivity index (χ2v) is 8.68. The molecule has 4 heterocycles. The highest BCUT2D eigenvalue weighted by Gasteiger charge is 2.27. The van der Waals surface area contributed by atoms with Crippen LogP contribution in [0, 0.1) is 0 Å². The Labute approximate surface area is 174 Å². The van der Waals surface area contributed by atoms with Crippen LogP contribution in [0.3, 0.4) is 0 Å². The summed E-state index contributed by atoms with van der Waals surface area (Å²) >= 11 is 3.01. The van der Waals surface area contributed by atoms with E-state index in [1.165, 1.54) is 11.3 Å². The standard InChI is InChI=1S/C20H18N4O3S2/c1-27-14-4-2-13(3-5-14)18(25)22-6-8-23(9-7-22)19(26)16-12-15-17(29-16)21-20-24(15)10-11-28-20/h2-5,10-12H,6-9H2,1H3. The Kier molecular flexibility index (Phi) is 4.48. The van der Waals surface area contributed by atoms with Gasteiger partial charge in [0.2, 0.25) is 0 Å². The van der Waals surface area contributed by atoms with Gasteiger partial charge in [-0.2, -0.15) is 0 Å². The fourth-order valence-electron chi connectivity index (χ4n) is 3.54. The summed E-state index contributed by atoms with van der Waals surface area (Å²) in [6.07, 6.45) is 1.97. The minimum atomic E-state index is -0.0185. The summed E-state index contributed by atoms with van der Waals surface area (Å²) in [6, 6.07) is 9.03. The molecule has 148 valence electrons. The van der Waals surface area contributed by atoms with Crippen molar-refractivity contribution in [2.75, 3.05) is 33.3 Å². The summed E-state index contributed by atoms with van der Waals surface area (Å²) in [5, 5.41) is 1.99. The number of piperazine rings is 1. The minimum absolute atomic E-state index is 0.00789. The van der Waals surface area contributed by atoms with E-state index >= 15 is 0 Å². The van der Waals surface area contributed by atoms with E-state index in [9.17, 15) is 9.59 Å². The van der Waals surface area contributed by atoms with E-state index in [1.807, 2.05) is 26.9 Å². The molecule has 3 aromatic heterocycles. The van der Waals surface area contributed by atoms with E-state index < -0.39 is 0 Å². The molecule has 5 rings (SSSR count). The zero-order valence-electron chi connectivity index (χ0n) is 15.7. The number of benzene rings is 1. The highest BCUT2D eigenvalue weighted by atomic mass is 32.1. The van der Waals surface area contributed by atoms with Crippen LogP contribution in [0.15, 0.2) is 41.9 Å². The number of carbonyl (C=O) groups is 2. The molecule has 0 unspecified atom stereocenters. The zero-order chi connectivity index (χ0) is 20.0. The Morgan fingerprint density at radius 1 is 1.03 bits per heavy atom. The third-order valence-electron chi connectivity index (χ3n) is 5.14. The molecule has 1 aliphatic heterocycles. The predicted molar refractivity (Wildman–Crippen MR) is 113 cm³/mol. The molecule has 0 aliphatic carbocycles. The number of aromatic nitrogens is 2. The summed E-state index contributed by atoms with van der Waals surface area (Å²) in [5.41, 5.74) is 1.60. The SMILES string of the molecule is COc1ccc(C(=O)N2CCN(C(=O)c3cc4c(nc5sccn54)s3)CC2)cc1. The lowest BCUT2D eigenvalue weighted by Gasteiger charge is -2.34. The van der Waals surface area contributed by atoms with Gasteiger partial charge < -0.3 is 14.5 Å². The van der Waals surface area contributed by atoms with Gasteiger partial charge in [0, 0.05) is 43.3 Å². The van der Waals surface area contributed by atoms with Gasteiger partial charge in [0.1, 0.15) is 10.6 Å². The molecule has 0 atom stereocenters. The first-order valence-electron chi connectivity index (χ1n) is 9.22. The summed E-state index contributed by atoms with van der Waals surface area (Å²) in [4.78, 5) is 36.3. The highest BCUT2D eigenvalue weighted by molar-refractivity contribution is 7.21. The molecule has 2 amide bonds. The van der Waals surface area contributed by atoms with Crippen LogP contribution in [-0.2, 0) is 0 Å². The molecule has 0 N–H and O–H groups in total. The molecule has 4 aromatic rings. The number of hydrogen-bond acceptors (Lipinski definition) is 6. The number of imidazole rings is 1. The first-order valence-corrected chi connectivity index (χ1v) is 10.9. The van der Waals surface area contributed by atoms with Crippen molar-refractivity contribution in [2.24, 2.45) is 0 Å². The van der Waals surface area contributed by atoms with Gasteiger partial charge >= 0.3 is 0 Å². The first kappa shape index (κ1) is 18.1. The fraction of sp³-hybridized carbons (Fsp3) is 0.250. The Balaban J connectivity index is 1.26. The lowest BCUT2D eigenvalue weighted by Crippen LogP contribution is -2.50. The molecule has 1 aliphatic rings. The molecule has 0 spiro atoms. The van der Waals surface area contributed by atoms with Gasteiger partial charge in [0.25, 0.3) is 11.8 Å². The van der Waals surface area contributed by atoms with Crippen LogP contribution < -0.4 is 4.74 Å². The van der Waals surface area contributed by atoms with Gasteiger partial charge in [-0.25, -0.2) is 4.98 Å². The second-order valence-electron chi connectivity index (χ2n) is 6.78. The van der Waals surface area contributed by atoms with Crippen molar-refractivity contribution in [3.05, 3.63) is 52.3 Å². The molecule has 0 bridgehead atoms. The molecule has 9 heteroatoms. The van der Waals surface area contributed by atoms with Crippen molar-refractivity contribution in [1.29, 1.82) is 0 Å². The normalized spacial score (nSPS) is 14.7. The number of thiophene rings is 1. The summed E-state index contributed by atoms with van der Waals surface area (Å²) in [5.74, 6) is 0.711. The van der Waals surface area contributed by atoms with Crippen molar-refractivity contribution in [2.45, 2.75) is 0 Å². The van der Waals surface area contributed by atoms with E-state index in [-0.39, 0.29) is 11.8 Å². The molecule has 29 heavy (non-hydrogen) atoms. The smallest absolute Gasteiger partial charge is 0.264 e. The second kappa shape index (κ2) is 7.16. The summed E-state index contributed by atoms with van der Waals surface area (Å²) < 4.78 is 7.15. The third kappa shape index (κ3) is 3.16. The summed E-state index contributed by atoms with van der Waals surface area (Å²) in [6.45, 7) is 2.10. The van der Waals surface area contributed by atoms with E-state index in [0.717, 1.165) is 21.1 Å². The Morgan fingerprint density at radius 2 is 1.72 bits per heavy atom. The van der Waals surface area contributed by atoms with Crippen LogP contribution in [0.1, 0.15) is 20.0 Å². The van der Waals surface area contributed by atoms with Crippen LogP contribution in [0.4, 0.5) is 0 Å². The monoisotopic (exact) mass is 426 g/mol. The van der Waals surface area contributed by atoms with Gasteiger partial charge in [0.15, 0.2) is 4.96 Å². The first-order chi connectivity index (χ1) is 14.1. The number of nitrogens with zero attached hydrogens (tertiary/aromatic N) is 4. The van der Waals surface area contributed by atoms with E-state index in [1.54, 1.807) is 47.6 Å². The lowest BCUT2D eigenvalue weighted by atomic mass is 10.1. The van der Waals surface area contributed by atoms with E-state index in [4.69, 9.17) is 4.74 Å². The predicted octanol–water partition coefficient (Wildman–Crippen LogP) is 3.22. The lowest BCUT2D eigenvalue weighted by molar-refractivity contribution is 0.0538. The van der Waals surface area contributed by atoms with E-state index in [0.29, 0.717) is 36.6 Å². The number of ether oxygens (including phenoxy) is 1. The van der Waals surface area contributed by atoms with Crippen molar-refractivity contribution in [3.63, 3.8) is 0 Å². The van der Waals surface area contributed by atoms with Crippen molar-refractivity contribution in [1.82, 2.24) is 19.2 Å². The summed E-state index contributed by atoms with van der Waals surface area (Å²) in [7, 11) is 1.60. The average Bonchev–Trinajstić information content (AvgIpc) is 3.45. The zero-order valence-corrected chi connectivity index (χ0v) is 17.3. The van der Waals surface area contributed by atoms with Gasteiger partial charge in [-0.15, -0.1) is 22.7 Å². The van der Waals surface area contributed by atoms with Crippen LogP contribution in [-0.4, -0.2) is 64.3 Å². The molecule has 0 radical (unpaired) electrons. The Bertz CT molecular complexity index is 1200. The van der Waals surface area contributed by atoms with Crippen LogP contribution in [0.5, 0.6) is 5.75 Å². The van der Waals surface area contributed by atoms with Crippen molar-refractivity contribution in [3.8, 4) is 5.75 Å². The maximum Gasteiger partial charge on any atom is 0.264 e. The van der Waals surface area contributed by atoms with Crippen LogP contribution in [0.2, 0.25) is 0 Å². The number of hydrogen-bond donors (Lipinski definition) is 0. The maximum absolute atomic E-state index is 12.9. The molecule has 7 nitrogen and oxygen atoms in total. The maximum atomic E-state index is 12.9. The van der Waals surface area contributed by atoms with Gasteiger partial charge in [0.05, 0.1) is 17.5 Å². The van der Waals surface area contributed by atoms with Crippen LogP contribution in [0.25, 0.3) is 15.3 Å². The van der Waals surface area contributed by atoms with E-state index in [2.05, 4.69) is 4.98 Å². The number of thiazole rings is 1. The highest BCUT2D eigenvalue weighted by Crippen LogP contribution is 2.29. The Morgan fingerprint density at radius 3 is 2.41 bits per heavy atom.